The molecular weight excluding hydrogens is 288 g/mol. The Morgan fingerprint density at radius 2 is 1.83 bits per heavy atom. The summed E-state index contributed by atoms with van der Waals surface area (Å²) in [4.78, 5) is 6.95. The molecule has 0 aromatic rings. The van der Waals surface area contributed by atoms with E-state index in [0.29, 0.717) is 5.92 Å². The van der Waals surface area contributed by atoms with E-state index >= 15 is 0 Å². The summed E-state index contributed by atoms with van der Waals surface area (Å²) in [6.07, 6.45) is 7.29. The van der Waals surface area contributed by atoms with Gasteiger partial charge in [0.05, 0.1) is 4.62 Å². The van der Waals surface area contributed by atoms with Crippen LogP contribution in [0.25, 0.3) is 0 Å². The van der Waals surface area contributed by atoms with Crippen LogP contribution in [0.5, 0.6) is 0 Å². The maximum atomic E-state index is 4.29. The zero-order valence-corrected chi connectivity index (χ0v) is 13.0. The number of piperidine rings is 1. The number of rotatable bonds is 4. The molecular formula is C15H23BrN2. The first-order valence-electron chi connectivity index (χ1n) is 6.88. The number of allylic oxidation sites excluding steroid dienone is 2. The minimum absolute atomic E-state index is 0.655. The summed E-state index contributed by atoms with van der Waals surface area (Å²) in [5.74, 6) is 0.655. The first-order chi connectivity index (χ1) is 8.58. The predicted octanol–water partition coefficient (Wildman–Crippen LogP) is 4.13. The number of likely N-dealkylation sites (tertiary alicyclic amines) is 1. The molecule has 1 heterocycles. The van der Waals surface area contributed by atoms with E-state index < -0.39 is 0 Å². The van der Waals surface area contributed by atoms with Crippen LogP contribution < -0.4 is 0 Å². The van der Waals surface area contributed by atoms with E-state index in [1.54, 1.807) is 0 Å². The van der Waals surface area contributed by atoms with Gasteiger partial charge in [0, 0.05) is 12.2 Å². The second kappa shape index (κ2) is 6.16. The average Bonchev–Trinajstić information content (AvgIpc) is 3.19. The molecule has 2 fully saturated rings. The summed E-state index contributed by atoms with van der Waals surface area (Å²) in [6.45, 7) is 10.8. The van der Waals surface area contributed by atoms with Gasteiger partial charge in [-0.3, -0.25) is 4.99 Å². The lowest BCUT2D eigenvalue weighted by molar-refractivity contribution is 0.191. The van der Waals surface area contributed by atoms with E-state index in [-0.39, 0.29) is 0 Å². The fourth-order valence-corrected chi connectivity index (χ4v) is 2.75. The van der Waals surface area contributed by atoms with Crippen molar-refractivity contribution in [2.45, 2.75) is 45.6 Å². The molecule has 1 aliphatic carbocycles. The maximum absolute atomic E-state index is 4.29. The van der Waals surface area contributed by atoms with Crippen molar-refractivity contribution >= 4 is 20.6 Å². The monoisotopic (exact) mass is 310 g/mol. The molecule has 0 atom stereocenters. The lowest BCUT2D eigenvalue weighted by atomic mass is 9.86. The van der Waals surface area contributed by atoms with Gasteiger partial charge in [-0.15, -0.1) is 0 Å². The highest BCUT2D eigenvalue weighted by atomic mass is 79.9. The standard InChI is InChI=1S/C15H23BrN2/c1-11(10-17-13(3)16)12(2)14-6-8-18(9-7-14)15-4-5-15/h10,14-15H,2,4-9H2,1,3H3/b11-10+,17-13?. The fourth-order valence-electron chi connectivity index (χ4n) is 2.64. The Balaban J connectivity index is 1.86. The van der Waals surface area contributed by atoms with Crippen LogP contribution in [0.1, 0.15) is 39.5 Å². The molecule has 2 aliphatic rings. The first-order valence-corrected chi connectivity index (χ1v) is 7.67. The van der Waals surface area contributed by atoms with Gasteiger partial charge >= 0.3 is 0 Å². The number of halogens is 1. The van der Waals surface area contributed by atoms with Gasteiger partial charge in [0.2, 0.25) is 0 Å². The summed E-state index contributed by atoms with van der Waals surface area (Å²) in [6, 6.07) is 0.913. The van der Waals surface area contributed by atoms with E-state index in [2.05, 4.69) is 39.3 Å². The van der Waals surface area contributed by atoms with E-state index in [4.69, 9.17) is 0 Å². The van der Waals surface area contributed by atoms with Gasteiger partial charge in [-0.2, -0.15) is 0 Å². The van der Waals surface area contributed by atoms with Gasteiger partial charge in [0.15, 0.2) is 0 Å². The molecule has 0 spiro atoms. The third kappa shape index (κ3) is 3.79. The molecule has 2 rings (SSSR count). The predicted molar refractivity (Wildman–Crippen MR) is 82.3 cm³/mol. The highest BCUT2D eigenvalue weighted by Crippen LogP contribution is 2.34. The van der Waals surface area contributed by atoms with Crippen molar-refractivity contribution < 1.29 is 0 Å². The van der Waals surface area contributed by atoms with Crippen LogP contribution in [0.15, 0.2) is 28.9 Å². The largest absolute Gasteiger partial charge is 0.300 e. The third-order valence-corrected chi connectivity index (χ3v) is 4.23. The minimum atomic E-state index is 0.655. The Labute approximate surface area is 119 Å². The highest BCUT2D eigenvalue weighted by Gasteiger charge is 2.32. The molecule has 2 nitrogen and oxygen atoms in total. The summed E-state index contributed by atoms with van der Waals surface area (Å²) >= 11 is 3.35. The molecule has 0 unspecified atom stereocenters. The molecule has 0 radical (unpaired) electrons. The number of hydrogen-bond acceptors (Lipinski definition) is 2. The topological polar surface area (TPSA) is 15.6 Å². The normalized spacial score (nSPS) is 24.4. The van der Waals surface area contributed by atoms with Gasteiger partial charge in [-0.1, -0.05) is 6.58 Å². The molecule has 0 amide bonds. The van der Waals surface area contributed by atoms with Gasteiger partial charge in [-0.25, -0.2) is 0 Å². The lowest BCUT2D eigenvalue weighted by Crippen LogP contribution is -2.35. The van der Waals surface area contributed by atoms with Crippen molar-refractivity contribution in [3.8, 4) is 0 Å². The second-order valence-electron chi connectivity index (χ2n) is 5.50. The Hall–Kier alpha value is -0.410. The Kier molecular flexibility index (Phi) is 4.79. The molecule has 18 heavy (non-hydrogen) atoms. The van der Waals surface area contributed by atoms with Crippen LogP contribution in [-0.2, 0) is 0 Å². The molecule has 0 aromatic heterocycles. The van der Waals surface area contributed by atoms with Gasteiger partial charge < -0.3 is 4.90 Å². The van der Waals surface area contributed by atoms with E-state index in [1.807, 2.05) is 13.1 Å². The third-order valence-electron chi connectivity index (χ3n) is 4.03. The van der Waals surface area contributed by atoms with Gasteiger partial charge in [0.1, 0.15) is 0 Å². The van der Waals surface area contributed by atoms with Crippen LogP contribution in [0, 0.1) is 5.92 Å². The zero-order chi connectivity index (χ0) is 13.1. The maximum Gasteiger partial charge on any atom is 0.0798 e. The van der Waals surface area contributed by atoms with Crippen LogP contribution in [0.3, 0.4) is 0 Å². The molecule has 100 valence electrons. The SMILES string of the molecule is C=C(/C(C)=C/N=C(C)Br)C1CCN(C2CC2)CC1. The van der Waals surface area contributed by atoms with Crippen molar-refractivity contribution in [3.05, 3.63) is 23.9 Å². The van der Waals surface area contributed by atoms with Crippen molar-refractivity contribution in [2.24, 2.45) is 10.9 Å². The second-order valence-corrected chi connectivity index (χ2v) is 6.65. The van der Waals surface area contributed by atoms with Crippen LogP contribution >= 0.6 is 15.9 Å². The molecule has 0 N–H and O–H groups in total. The summed E-state index contributed by atoms with van der Waals surface area (Å²) in [5, 5.41) is 0. The molecule has 1 saturated carbocycles. The lowest BCUT2D eigenvalue weighted by Gasteiger charge is -2.33. The van der Waals surface area contributed by atoms with Gasteiger partial charge in [0.25, 0.3) is 0 Å². The van der Waals surface area contributed by atoms with Crippen molar-refractivity contribution in [3.63, 3.8) is 0 Å². The van der Waals surface area contributed by atoms with Gasteiger partial charge in [-0.05, 0) is 85.6 Å². The quantitative estimate of drug-likeness (QED) is 0.563. The molecule has 1 saturated heterocycles. The minimum Gasteiger partial charge on any atom is -0.300 e. The fraction of sp³-hybridized carbons (Fsp3) is 0.667. The van der Waals surface area contributed by atoms with E-state index in [9.17, 15) is 0 Å². The van der Waals surface area contributed by atoms with Crippen molar-refractivity contribution in [2.75, 3.05) is 13.1 Å². The summed E-state index contributed by atoms with van der Waals surface area (Å²) < 4.78 is 0.915. The summed E-state index contributed by atoms with van der Waals surface area (Å²) in [7, 11) is 0. The Morgan fingerprint density at radius 3 is 2.33 bits per heavy atom. The average molecular weight is 311 g/mol. The van der Waals surface area contributed by atoms with Crippen LogP contribution in [0.2, 0.25) is 0 Å². The van der Waals surface area contributed by atoms with Crippen molar-refractivity contribution in [1.82, 2.24) is 4.90 Å². The van der Waals surface area contributed by atoms with Crippen molar-refractivity contribution in [1.29, 1.82) is 0 Å². The number of hydrogen-bond donors (Lipinski definition) is 0. The molecule has 3 heteroatoms. The molecule has 1 aliphatic heterocycles. The first kappa shape index (κ1) is 14.0. The molecule has 0 bridgehead atoms. The van der Waals surface area contributed by atoms with E-state index in [0.717, 1.165) is 10.7 Å². The Morgan fingerprint density at radius 1 is 1.22 bits per heavy atom. The van der Waals surface area contributed by atoms with Crippen LogP contribution in [0.4, 0.5) is 0 Å². The Bertz CT molecular complexity index is 368. The smallest absolute Gasteiger partial charge is 0.0798 e. The van der Waals surface area contributed by atoms with E-state index in [1.165, 1.54) is 49.9 Å². The molecule has 0 aromatic carbocycles. The number of aliphatic imine (C=N–C) groups is 1. The van der Waals surface area contributed by atoms with Crippen LogP contribution in [-0.4, -0.2) is 28.7 Å². The number of nitrogens with zero attached hydrogens (tertiary/aromatic N) is 2. The highest BCUT2D eigenvalue weighted by molar-refractivity contribution is 9.18. The zero-order valence-electron chi connectivity index (χ0n) is 11.5. The summed E-state index contributed by atoms with van der Waals surface area (Å²) in [5.41, 5.74) is 2.50.